The number of thioether (sulfide) groups is 1. The van der Waals surface area contributed by atoms with Crippen LogP contribution < -0.4 is 5.32 Å². The lowest BCUT2D eigenvalue weighted by Gasteiger charge is -2.12. The van der Waals surface area contributed by atoms with Gasteiger partial charge in [-0.3, -0.25) is 19.3 Å². The predicted octanol–water partition coefficient (Wildman–Crippen LogP) is 5.32. The van der Waals surface area contributed by atoms with E-state index in [2.05, 4.69) is 5.32 Å². The van der Waals surface area contributed by atoms with Gasteiger partial charge in [0.1, 0.15) is 6.54 Å². The fourth-order valence-electron chi connectivity index (χ4n) is 2.31. The molecule has 1 aliphatic rings. The molecular weight excluding hydrogens is 431 g/mol. The highest BCUT2D eigenvalue weighted by molar-refractivity contribution is 8.18. The largest absolute Gasteiger partial charge is 0.324 e. The van der Waals surface area contributed by atoms with Crippen LogP contribution in [0.4, 0.5) is 10.5 Å². The lowest BCUT2D eigenvalue weighted by Crippen LogP contribution is -2.36. The molecule has 1 saturated heterocycles. The molecule has 0 aromatic heterocycles. The molecule has 2 aromatic rings. The fourth-order valence-corrected chi connectivity index (χ4v) is 3.79. The van der Waals surface area contributed by atoms with Crippen LogP contribution in [0, 0.1) is 0 Å². The Labute approximate surface area is 174 Å². The third-order valence-electron chi connectivity index (χ3n) is 3.53. The Morgan fingerprint density at radius 2 is 1.81 bits per heavy atom. The Hall–Kier alpha value is -1.99. The minimum Gasteiger partial charge on any atom is -0.324 e. The molecule has 0 spiro atoms. The van der Waals surface area contributed by atoms with Gasteiger partial charge in [0.25, 0.3) is 11.1 Å². The van der Waals surface area contributed by atoms with Crippen LogP contribution >= 0.6 is 46.6 Å². The Bertz CT molecular complexity index is 978. The maximum atomic E-state index is 12.5. The first-order chi connectivity index (χ1) is 12.8. The molecule has 2 aromatic carbocycles. The van der Waals surface area contributed by atoms with Crippen LogP contribution in [0.2, 0.25) is 15.1 Å². The van der Waals surface area contributed by atoms with E-state index in [9.17, 15) is 14.4 Å². The van der Waals surface area contributed by atoms with Crippen LogP contribution in [0.5, 0.6) is 0 Å². The van der Waals surface area contributed by atoms with E-state index < -0.39 is 23.6 Å². The molecule has 0 atom stereocenters. The summed E-state index contributed by atoms with van der Waals surface area (Å²) in [5, 5.41) is 3.34. The number of hydrogen-bond donors (Lipinski definition) is 1. The molecule has 138 valence electrons. The monoisotopic (exact) mass is 440 g/mol. The molecule has 0 radical (unpaired) electrons. The molecule has 0 unspecified atom stereocenters. The van der Waals surface area contributed by atoms with Crippen molar-refractivity contribution in [2.45, 2.75) is 0 Å². The number of rotatable bonds is 4. The summed E-state index contributed by atoms with van der Waals surface area (Å²) < 4.78 is 0. The van der Waals surface area contributed by atoms with Crippen molar-refractivity contribution in [3.05, 3.63) is 68.0 Å². The van der Waals surface area contributed by atoms with Crippen molar-refractivity contribution in [1.82, 2.24) is 4.90 Å². The number of carbonyl (C=O) groups is 3. The standard InChI is InChI=1S/C18H11Cl3N2O3S/c19-11-2-1-3-13(7-11)22-16(24)9-23-17(25)15(27-18(23)26)6-10-4-5-12(20)8-14(10)21/h1-8H,9H2,(H,22,24)/b15-6+. The van der Waals surface area contributed by atoms with Crippen LogP contribution in [0.3, 0.4) is 0 Å². The zero-order chi connectivity index (χ0) is 19.6. The van der Waals surface area contributed by atoms with Crippen molar-refractivity contribution in [3.63, 3.8) is 0 Å². The zero-order valence-corrected chi connectivity index (χ0v) is 16.6. The van der Waals surface area contributed by atoms with Gasteiger partial charge in [0.05, 0.1) is 4.91 Å². The second-order valence-corrected chi connectivity index (χ2v) is 7.77. The van der Waals surface area contributed by atoms with Gasteiger partial charge in [0.15, 0.2) is 0 Å². The number of nitrogens with one attached hydrogen (secondary N) is 1. The average Bonchev–Trinajstić information content (AvgIpc) is 2.85. The summed E-state index contributed by atoms with van der Waals surface area (Å²) in [4.78, 5) is 37.8. The number of nitrogens with zero attached hydrogens (tertiary/aromatic N) is 1. The molecule has 1 fully saturated rings. The van der Waals surface area contributed by atoms with Crippen LogP contribution in [0.25, 0.3) is 6.08 Å². The van der Waals surface area contributed by atoms with Gasteiger partial charge < -0.3 is 5.32 Å². The number of hydrogen-bond acceptors (Lipinski definition) is 4. The predicted molar refractivity (Wildman–Crippen MR) is 109 cm³/mol. The third-order valence-corrected chi connectivity index (χ3v) is 5.24. The highest BCUT2D eigenvalue weighted by Crippen LogP contribution is 2.34. The molecular formula is C18H11Cl3N2O3S. The number of carbonyl (C=O) groups excluding carboxylic acids is 3. The molecule has 5 nitrogen and oxygen atoms in total. The van der Waals surface area contributed by atoms with Gasteiger partial charge in [-0.1, -0.05) is 46.9 Å². The van der Waals surface area contributed by atoms with Crippen LogP contribution in [0.1, 0.15) is 5.56 Å². The van der Waals surface area contributed by atoms with E-state index in [0.29, 0.717) is 26.3 Å². The van der Waals surface area contributed by atoms with E-state index in [-0.39, 0.29) is 4.91 Å². The summed E-state index contributed by atoms with van der Waals surface area (Å²) in [5.41, 5.74) is 1.03. The SMILES string of the molecule is O=C(CN1C(=O)S/C(=C/c2ccc(Cl)cc2Cl)C1=O)Nc1cccc(Cl)c1. The van der Waals surface area contributed by atoms with Gasteiger partial charge in [-0.2, -0.15) is 0 Å². The number of anilines is 1. The minimum atomic E-state index is -0.558. The number of imide groups is 1. The van der Waals surface area contributed by atoms with Crippen molar-refractivity contribution < 1.29 is 14.4 Å². The van der Waals surface area contributed by atoms with Crippen LogP contribution in [-0.4, -0.2) is 28.5 Å². The molecule has 0 saturated carbocycles. The molecule has 3 rings (SSSR count). The summed E-state index contributed by atoms with van der Waals surface area (Å²) in [6.07, 6.45) is 1.50. The lowest BCUT2D eigenvalue weighted by molar-refractivity contribution is -0.127. The van der Waals surface area contributed by atoms with Crippen molar-refractivity contribution in [1.29, 1.82) is 0 Å². The minimum absolute atomic E-state index is 0.180. The third kappa shape index (κ3) is 4.84. The Balaban J connectivity index is 1.72. The molecule has 1 heterocycles. The Kier molecular flexibility index (Phi) is 6.11. The maximum absolute atomic E-state index is 12.5. The Morgan fingerprint density at radius 1 is 1.07 bits per heavy atom. The highest BCUT2D eigenvalue weighted by atomic mass is 35.5. The molecule has 3 amide bonds. The highest BCUT2D eigenvalue weighted by Gasteiger charge is 2.36. The first-order valence-electron chi connectivity index (χ1n) is 7.59. The van der Waals surface area contributed by atoms with Gasteiger partial charge in [-0.25, -0.2) is 0 Å². The summed E-state index contributed by atoms with van der Waals surface area (Å²) >= 11 is 18.6. The van der Waals surface area contributed by atoms with E-state index in [4.69, 9.17) is 34.8 Å². The van der Waals surface area contributed by atoms with Crippen LogP contribution in [-0.2, 0) is 9.59 Å². The summed E-state index contributed by atoms with van der Waals surface area (Å²) in [7, 11) is 0. The molecule has 27 heavy (non-hydrogen) atoms. The fraction of sp³-hybridized carbons (Fsp3) is 0.0556. The first-order valence-corrected chi connectivity index (χ1v) is 9.54. The summed E-state index contributed by atoms with van der Waals surface area (Å²) in [6, 6.07) is 11.4. The maximum Gasteiger partial charge on any atom is 0.294 e. The first kappa shape index (κ1) is 19.8. The lowest BCUT2D eigenvalue weighted by atomic mass is 10.2. The van der Waals surface area contributed by atoms with E-state index in [1.165, 1.54) is 12.1 Å². The van der Waals surface area contributed by atoms with Crippen LogP contribution in [0.15, 0.2) is 47.4 Å². The number of benzene rings is 2. The van der Waals surface area contributed by atoms with Crippen molar-refractivity contribution in [2.75, 3.05) is 11.9 Å². The van der Waals surface area contributed by atoms with Gasteiger partial charge in [0.2, 0.25) is 5.91 Å². The van der Waals surface area contributed by atoms with E-state index >= 15 is 0 Å². The molecule has 1 aliphatic heterocycles. The quantitative estimate of drug-likeness (QED) is 0.652. The van der Waals surface area contributed by atoms with E-state index in [1.54, 1.807) is 36.4 Å². The van der Waals surface area contributed by atoms with E-state index in [1.807, 2.05) is 0 Å². The summed E-state index contributed by atoms with van der Waals surface area (Å²) in [6.45, 7) is -0.400. The topological polar surface area (TPSA) is 66.5 Å². The molecule has 0 aliphatic carbocycles. The van der Waals surface area contributed by atoms with Crippen molar-refractivity contribution >= 4 is 75.4 Å². The van der Waals surface area contributed by atoms with E-state index in [0.717, 1.165) is 16.7 Å². The van der Waals surface area contributed by atoms with Crippen molar-refractivity contribution in [2.24, 2.45) is 0 Å². The number of halogens is 3. The molecule has 1 N–H and O–H groups in total. The van der Waals surface area contributed by atoms with Gasteiger partial charge in [-0.05, 0) is 53.7 Å². The number of amides is 3. The normalized spacial score (nSPS) is 15.5. The zero-order valence-electron chi connectivity index (χ0n) is 13.5. The van der Waals surface area contributed by atoms with Gasteiger partial charge >= 0.3 is 0 Å². The van der Waals surface area contributed by atoms with Gasteiger partial charge in [0, 0.05) is 20.8 Å². The van der Waals surface area contributed by atoms with Gasteiger partial charge in [-0.15, -0.1) is 0 Å². The summed E-state index contributed by atoms with van der Waals surface area (Å²) in [5.74, 6) is -1.07. The second kappa shape index (κ2) is 8.35. The second-order valence-electron chi connectivity index (χ2n) is 5.49. The smallest absolute Gasteiger partial charge is 0.294 e. The van der Waals surface area contributed by atoms with Crippen molar-refractivity contribution in [3.8, 4) is 0 Å². The molecule has 0 bridgehead atoms. The Morgan fingerprint density at radius 3 is 2.52 bits per heavy atom. The average molecular weight is 442 g/mol. The molecule has 9 heteroatoms.